The Labute approximate surface area is 115 Å². The summed E-state index contributed by atoms with van der Waals surface area (Å²) >= 11 is 9.22. The number of ether oxygens (including phenoxy) is 1. The van der Waals surface area contributed by atoms with Gasteiger partial charge in [-0.3, -0.25) is 0 Å². The van der Waals surface area contributed by atoms with E-state index in [2.05, 4.69) is 15.9 Å². The van der Waals surface area contributed by atoms with Gasteiger partial charge in [0.15, 0.2) is 0 Å². The highest BCUT2D eigenvalue weighted by Gasteiger charge is 2.02. The standard InChI is InChI=1S/C14H12BrClO/c1-10-2-7-14(13(15)8-10)17-12-5-3-11(9-16)4-6-12/h2-8H,9H2,1H3. The van der Waals surface area contributed by atoms with Crippen molar-refractivity contribution in [1.82, 2.24) is 0 Å². The van der Waals surface area contributed by atoms with Crippen molar-refractivity contribution in [2.24, 2.45) is 0 Å². The topological polar surface area (TPSA) is 9.23 Å². The first kappa shape index (κ1) is 12.5. The van der Waals surface area contributed by atoms with Gasteiger partial charge in [0, 0.05) is 5.88 Å². The Balaban J connectivity index is 2.19. The second-order valence-electron chi connectivity index (χ2n) is 3.81. The van der Waals surface area contributed by atoms with E-state index in [4.69, 9.17) is 16.3 Å². The molecule has 0 spiro atoms. The van der Waals surface area contributed by atoms with E-state index in [1.54, 1.807) is 0 Å². The summed E-state index contributed by atoms with van der Waals surface area (Å²) in [5.41, 5.74) is 2.28. The molecule has 2 rings (SSSR count). The zero-order chi connectivity index (χ0) is 12.3. The molecule has 0 N–H and O–H groups in total. The molecule has 0 bridgehead atoms. The van der Waals surface area contributed by atoms with E-state index in [1.165, 1.54) is 5.56 Å². The van der Waals surface area contributed by atoms with E-state index >= 15 is 0 Å². The molecule has 1 nitrogen and oxygen atoms in total. The molecule has 0 radical (unpaired) electrons. The second kappa shape index (κ2) is 5.56. The molecular weight excluding hydrogens is 300 g/mol. The van der Waals surface area contributed by atoms with Crippen molar-refractivity contribution in [1.29, 1.82) is 0 Å². The lowest BCUT2D eigenvalue weighted by Gasteiger charge is -2.08. The van der Waals surface area contributed by atoms with Gasteiger partial charge < -0.3 is 4.74 Å². The molecule has 0 aliphatic heterocycles. The average molecular weight is 312 g/mol. The fourth-order valence-corrected chi connectivity index (χ4v) is 2.21. The Morgan fingerprint density at radius 3 is 2.41 bits per heavy atom. The van der Waals surface area contributed by atoms with Crippen LogP contribution in [0.3, 0.4) is 0 Å². The number of hydrogen-bond acceptors (Lipinski definition) is 1. The summed E-state index contributed by atoms with van der Waals surface area (Å²) in [7, 11) is 0. The van der Waals surface area contributed by atoms with Crippen LogP contribution in [-0.4, -0.2) is 0 Å². The fraction of sp³-hybridized carbons (Fsp3) is 0.143. The van der Waals surface area contributed by atoms with Crippen LogP contribution in [0.25, 0.3) is 0 Å². The monoisotopic (exact) mass is 310 g/mol. The number of aryl methyl sites for hydroxylation is 1. The first-order valence-electron chi connectivity index (χ1n) is 5.28. The van der Waals surface area contributed by atoms with Gasteiger partial charge in [0.1, 0.15) is 11.5 Å². The molecule has 0 aliphatic carbocycles. The number of alkyl halides is 1. The van der Waals surface area contributed by atoms with Crippen LogP contribution in [0.1, 0.15) is 11.1 Å². The largest absolute Gasteiger partial charge is 0.456 e. The van der Waals surface area contributed by atoms with Gasteiger partial charge in [-0.05, 0) is 58.2 Å². The Kier molecular flexibility index (Phi) is 4.08. The molecule has 3 heteroatoms. The number of rotatable bonds is 3. The van der Waals surface area contributed by atoms with Crippen molar-refractivity contribution < 1.29 is 4.74 Å². The maximum absolute atomic E-state index is 5.77. The predicted molar refractivity (Wildman–Crippen MR) is 75.0 cm³/mol. The highest BCUT2D eigenvalue weighted by molar-refractivity contribution is 9.10. The molecule has 17 heavy (non-hydrogen) atoms. The molecule has 2 aromatic rings. The molecule has 0 saturated heterocycles. The van der Waals surface area contributed by atoms with E-state index in [-0.39, 0.29) is 0 Å². The van der Waals surface area contributed by atoms with Crippen molar-refractivity contribution in [3.63, 3.8) is 0 Å². The maximum Gasteiger partial charge on any atom is 0.141 e. The third-order valence-electron chi connectivity index (χ3n) is 2.39. The minimum Gasteiger partial charge on any atom is -0.456 e. The number of halogens is 2. The van der Waals surface area contributed by atoms with Crippen molar-refractivity contribution in [2.45, 2.75) is 12.8 Å². The first-order chi connectivity index (χ1) is 8.19. The summed E-state index contributed by atoms with van der Waals surface area (Å²) in [6.45, 7) is 2.05. The third-order valence-corrected chi connectivity index (χ3v) is 3.32. The van der Waals surface area contributed by atoms with E-state index < -0.39 is 0 Å². The van der Waals surface area contributed by atoms with Crippen molar-refractivity contribution in [3.8, 4) is 11.5 Å². The maximum atomic E-state index is 5.77. The zero-order valence-corrected chi connectivity index (χ0v) is 11.8. The average Bonchev–Trinajstić information content (AvgIpc) is 2.34. The summed E-state index contributed by atoms with van der Waals surface area (Å²) < 4.78 is 6.73. The van der Waals surface area contributed by atoms with Crippen molar-refractivity contribution >= 4 is 27.5 Å². The SMILES string of the molecule is Cc1ccc(Oc2ccc(CCl)cc2)c(Br)c1. The minimum absolute atomic E-state index is 0.522. The summed E-state index contributed by atoms with van der Waals surface area (Å²) in [6.07, 6.45) is 0. The van der Waals surface area contributed by atoms with Crippen LogP contribution in [0.5, 0.6) is 11.5 Å². The van der Waals surface area contributed by atoms with Crippen LogP contribution in [0.15, 0.2) is 46.9 Å². The molecule has 88 valence electrons. The van der Waals surface area contributed by atoms with E-state index in [0.717, 1.165) is 21.5 Å². The fourth-order valence-electron chi connectivity index (χ4n) is 1.46. The Hall–Kier alpha value is -0.990. The van der Waals surface area contributed by atoms with Gasteiger partial charge in [-0.1, -0.05) is 18.2 Å². The van der Waals surface area contributed by atoms with Gasteiger partial charge in [-0.15, -0.1) is 11.6 Å². The van der Waals surface area contributed by atoms with Crippen LogP contribution in [0.4, 0.5) is 0 Å². The van der Waals surface area contributed by atoms with Gasteiger partial charge in [0.2, 0.25) is 0 Å². The summed E-state index contributed by atoms with van der Waals surface area (Å²) in [6, 6.07) is 13.8. The van der Waals surface area contributed by atoms with Gasteiger partial charge in [0.05, 0.1) is 4.47 Å². The van der Waals surface area contributed by atoms with Crippen LogP contribution in [0.2, 0.25) is 0 Å². The summed E-state index contributed by atoms with van der Waals surface area (Å²) in [5.74, 6) is 2.15. The van der Waals surface area contributed by atoms with E-state index in [9.17, 15) is 0 Å². The highest BCUT2D eigenvalue weighted by Crippen LogP contribution is 2.30. The van der Waals surface area contributed by atoms with Crippen LogP contribution >= 0.6 is 27.5 Å². The molecular formula is C14H12BrClO. The lowest BCUT2D eigenvalue weighted by molar-refractivity contribution is 0.479. The quantitative estimate of drug-likeness (QED) is 0.700. The lowest BCUT2D eigenvalue weighted by Crippen LogP contribution is -1.86. The van der Waals surface area contributed by atoms with Crippen molar-refractivity contribution in [2.75, 3.05) is 0 Å². The smallest absolute Gasteiger partial charge is 0.141 e. The van der Waals surface area contributed by atoms with Gasteiger partial charge >= 0.3 is 0 Å². The summed E-state index contributed by atoms with van der Waals surface area (Å²) in [5, 5.41) is 0. The number of benzene rings is 2. The second-order valence-corrected chi connectivity index (χ2v) is 4.94. The molecule has 0 atom stereocenters. The van der Waals surface area contributed by atoms with Crippen LogP contribution in [0, 0.1) is 6.92 Å². The van der Waals surface area contributed by atoms with E-state index in [1.807, 2.05) is 49.4 Å². The number of hydrogen-bond donors (Lipinski definition) is 0. The van der Waals surface area contributed by atoms with Crippen LogP contribution < -0.4 is 4.74 Å². The first-order valence-corrected chi connectivity index (χ1v) is 6.60. The lowest BCUT2D eigenvalue weighted by atomic mass is 10.2. The molecule has 0 amide bonds. The molecule has 0 fully saturated rings. The van der Waals surface area contributed by atoms with Gasteiger partial charge in [-0.2, -0.15) is 0 Å². The predicted octanol–water partition coefficient (Wildman–Crippen LogP) is 5.29. The van der Waals surface area contributed by atoms with Gasteiger partial charge in [-0.25, -0.2) is 0 Å². The van der Waals surface area contributed by atoms with Gasteiger partial charge in [0.25, 0.3) is 0 Å². The molecule has 0 aliphatic rings. The van der Waals surface area contributed by atoms with Crippen molar-refractivity contribution in [3.05, 3.63) is 58.1 Å². The summed E-state index contributed by atoms with van der Waals surface area (Å²) in [4.78, 5) is 0. The zero-order valence-electron chi connectivity index (χ0n) is 9.41. The highest BCUT2D eigenvalue weighted by atomic mass is 79.9. The van der Waals surface area contributed by atoms with Crippen LogP contribution in [-0.2, 0) is 5.88 Å². The normalized spacial score (nSPS) is 10.3. The molecule has 0 heterocycles. The molecule has 0 aromatic heterocycles. The Bertz CT molecular complexity index is 508. The third kappa shape index (κ3) is 3.24. The molecule has 2 aromatic carbocycles. The Morgan fingerprint density at radius 2 is 1.82 bits per heavy atom. The van der Waals surface area contributed by atoms with E-state index in [0.29, 0.717) is 5.88 Å². The minimum atomic E-state index is 0.522. The molecule has 0 saturated carbocycles. The Morgan fingerprint density at radius 1 is 1.12 bits per heavy atom. The molecule has 0 unspecified atom stereocenters.